The highest BCUT2D eigenvalue weighted by molar-refractivity contribution is 5.82. The number of aryl methyl sites for hydroxylation is 1. The maximum atomic E-state index is 6.06. The number of nitrogens with one attached hydrogen (secondary N) is 1. The molecule has 0 aliphatic carbocycles. The van der Waals surface area contributed by atoms with Crippen molar-refractivity contribution >= 4 is 11.0 Å². The fraction of sp³-hybridized carbons (Fsp3) is 0.579. The van der Waals surface area contributed by atoms with Gasteiger partial charge in [-0.15, -0.1) is 0 Å². The van der Waals surface area contributed by atoms with E-state index in [0.717, 1.165) is 43.4 Å². The first-order valence-electron chi connectivity index (χ1n) is 9.01. The fourth-order valence-corrected chi connectivity index (χ4v) is 4.13. The molecule has 23 heavy (non-hydrogen) atoms. The third-order valence-corrected chi connectivity index (χ3v) is 5.40. The van der Waals surface area contributed by atoms with Crippen LogP contribution in [0.5, 0.6) is 0 Å². The molecule has 2 aliphatic rings. The summed E-state index contributed by atoms with van der Waals surface area (Å²) >= 11 is 0. The van der Waals surface area contributed by atoms with Gasteiger partial charge in [-0.1, -0.05) is 25.1 Å². The summed E-state index contributed by atoms with van der Waals surface area (Å²) in [5.41, 5.74) is 2.45. The Kier molecular flexibility index (Phi) is 4.38. The van der Waals surface area contributed by atoms with Crippen LogP contribution in [0.2, 0.25) is 0 Å². The molecule has 1 atom stereocenters. The number of piperazine rings is 1. The van der Waals surface area contributed by atoms with Crippen molar-refractivity contribution in [2.45, 2.75) is 32.4 Å². The minimum atomic E-state index is 0.736. The van der Waals surface area contributed by atoms with Crippen molar-refractivity contribution in [1.82, 2.24) is 15.1 Å². The van der Waals surface area contributed by atoms with Crippen LogP contribution < -0.4 is 5.32 Å². The first-order valence-corrected chi connectivity index (χ1v) is 9.01. The molecule has 2 fully saturated rings. The van der Waals surface area contributed by atoms with Gasteiger partial charge in [0, 0.05) is 69.2 Å². The number of hydrogen-bond acceptors (Lipinski definition) is 4. The van der Waals surface area contributed by atoms with E-state index < -0.39 is 0 Å². The number of fused-ring (bicyclic) bond motifs is 1. The van der Waals surface area contributed by atoms with Crippen LogP contribution in [0.25, 0.3) is 11.0 Å². The number of hydrogen-bond donors (Lipinski definition) is 1. The minimum Gasteiger partial charge on any atom is -0.461 e. The average molecular weight is 313 g/mol. The van der Waals surface area contributed by atoms with Crippen LogP contribution in [0.3, 0.4) is 0 Å². The summed E-state index contributed by atoms with van der Waals surface area (Å²) < 4.78 is 6.06. The molecule has 1 aromatic carbocycles. The molecule has 0 bridgehead atoms. The number of para-hydroxylation sites is 1. The molecule has 124 valence electrons. The Hall–Kier alpha value is -1.36. The van der Waals surface area contributed by atoms with Crippen molar-refractivity contribution in [3.8, 4) is 0 Å². The van der Waals surface area contributed by atoms with Crippen LogP contribution in [0.1, 0.15) is 24.7 Å². The number of likely N-dealkylation sites (tertiary alicyclic amines) is 1. The van der Waals surface area contributed by atoms with Crippen LogP contribution in [0.15, 0.2) is 28.7 Å². The van der Waals surface area contributed by atoms with E-state index in [1.54, 1.807) is 0 Å². The second kappa shape index (κ2) is 6.63. The molecule has 1 N–H and O–H groups in total. The summed E-state index contributed by atoms with van der Waals surface area (Å²) in [5.74, 6) is 1.16. The van der Waals surface area contributed by atoms with Gasteiger partial charge < -0.3 is 9.73 Å². The zero-order valence-corrected chi connectivity index (χ0v) is 14.1. The maximum Gasteiger partial charge on any atom is 0.134 e. The highest BCUT2D eigenvalue weighted by Crippen LogP contribution is 2.29. The number of nitrogens with zero attached hydrogens (tertiary/aromatic N) is 2. The van der Waals surface area contributed by atoms with Gasteiger partial charge in [0.15, 0.2) is 0 Å². The average Bonchev–Trinajstić information content (AvgIpc) is 3.21. The van der Waals surface area contributed by atoms with Crippen LogP contribution in [0, 0.1) is 0 Å². The summed E-state index contributed by atoms with van der Waals surface area (Å²) in [7, 11) is 0. The van der Waals surface area contributed by atoms with Crippen LogP contribution >= 0.6 is 0 Å². The first kappa shape index (κ1) is 15.2. The SMILES string of the molecule is CCc1oc2ccccc2c1CN1CCC(N2CCNCC2)C1. The van der Waals surface area contributed by atoms with E-state index in [0.29, 0.717) is 0 Å². The topological polar surface area (TPSA) is 31.7 Å². The van der Waals surface area contributed by atoms with Gasteiger partial charge in [0.2, 0.25) is 0 Å². The van der Waals surface area contributed by atoms with Gasteiger partial charge in [-0.3, -0.25) is 9.80 Å². The Morgan fingerprint density at radius 3 is 2.83 bits per heavy atom. The zero-order valence-electron chi connectivity index (χ0n) is 14.1. The second-order valence-corrected chi connectivity index (χ2v) is 6.82. The first-order chi connectivity index (χ1) is 11.3. The van der Waals surface area contributed by atoms with Gasteiger partial charge in [-0.2, -0.15) is 0 Å². The second-order valence-electron chi connectivity index (χ2n) is 6.82. The molecule has 2 saturated heterocycles. The summed E-state index contributed by atoms with van der Waals surface area (Å²) in [6.07, 6.45) is 2.27. The summed E-state index contributed by atoms with van der Waals surface area (Å²) in [6, 6.07) is 9.21. The molecule has 1 aromatic heterocycles. The Morgan fingerprint density at radius 2 is 2.00 bits per heavy atom. The molecule has 2 aromatic rings. The maximum absolute atomic E-state index is 6.06. The van der Waals surface area contributed by atoms with E-state index in [2.05, 4.69) is 46.3 Å². The van der Waals surface area contributed by atoms with E-state index in [1.807, 2.05) is 0 Å². The third kappa shape index (κ3) is 3.03. The summed E-state index contributed by atoms with van der Waals surface area (Å²) in [6.45, 7) is 10.3. The molecular weight excluding hydrogens is 286 g/mol. The van der Waals surface area contributed by atoms with Crippen molar-refractivity contribution in [2.75, 3.05) is 39.3 Å². The molecule has 2 aliphatic heterocycles. The highest BCUT2D eigenvalue weighted by Gasteiger charge is 2.29. The number of benzene rings is 1. The van der Waals surface area contributed by atoms with E-state index in [9.17, 15) is 0 Å². The third-order valence-electron chi connectivity index (χ3n) is 5.40. The number of furan rings is 1. The molecule has 1 unspecified atom stereocenters. The van der Waals surface area contributed by atoms with Gasteiger partial charge in [0.25, 0.3) is 0 Å². The van der Waals surface area contributed by atoms with Crippen molar-refractivity contribution in [2.24, 2.45) is 0 Å². The number of rotatable bonds is 4. The lowest BCUT2D eigenvalue weighted by atomic mass is 10.1. The molecule has 3 heterocycles. The summed E-state index contributed by atoms with van der Waals surface area (Å²) in [5, 5.41) is 4.75. The molecule has 4 nitrogen and oxygen atoms in total. The van der Waals surface area contributed by atoms with Crippen molar-refractivity contribution < 1.29 is 4.42 Å². The van der Waals surface area contributed by atoms with Gasteiger partial charge in [0.1, 0.15) is 11.3 Å². The Labute approximate surface area is 138 Å². The standard InChI is InChI=1S/C19H27N3O/c1-2-18-17(16-5-3-4-6-19(16)23-18)14-21-10-7-15(13-21)22-11-8-20-9-12-22/h3-6,15,20H,2,7-14H2,1H3. The van der Waals surface area contributed by atoms with Gasteiger partial charge in [-0.05, 0) is 12.5 Å². The molecule has 0 amide bonds. The summed E-state index contributed by atoms with van der Waals surface area (Å²) in [4.78, 5) is 5.29. The fourth-order valence-electron chi connectivity index (χ4n) is 4.13. The van der Waals surface area contributed by atoms with Crippen LogP contribution in [0.4, 0.5) is 0 Å². The van der Waals surface area contributed by atoms with Crippen LogP contribution in [-0.4, -0.2) is 55.1 Å². The van der Waals surface area contributed by atoms with Crippen molar-refractivity contribution in [1.29, 1.82) is 0 Å². The predicted molar refractivity (Wildman–Crippen MR) is 93.7 cm³/mol. The smallest absolute Gasteiger partial charge is 0.134 e. The Bertz CT molecular complexity index is 660. The van der Waals surface area contributed by atoms with E-state index in [1.165, 1.54) is 43.5 Å². The monoisotopic (exact) mass is 313 g/mol. The molecule has 0 radical (unpaired) electrons. The largest absolute Gasteiger partial charge is 0.461 e. The van der Waals surface area contributed by atoms with E-state index in [4.69, 9.17) is 4.42 Å². The van der Waals surface area contributed by atoms with Crippen molar-refractivity contribution in [3.05, 3.63) is 35.6 Å². The molecular formula is C19H27N3O. The quantitative estimate of drug-likeness (QED) is 0.940. The molecule has 0 spiro atoms. The van der Waals surface area contributed by atoms with Gasteiger partial charge in [0.05, 0.1) is 0 Å². The zero-order chi connectivity index (χ0) is 15.6. The van der Waals surface area contributed by atoms with Crippen molar-refractivity contribution in [3.63, 3.8) is 0 Å². The molecule has 0 saturated carbocycles. The molecule has 4 rings (SSSR count). The van der Waals surface area contributed by atoms with Crippen LogP contribution in [-0.2, 0) is 13.0 Å². The minimum absolute atomic E-state index is 0.736. The van der Waals surface area contributed by atoms with E-state index in [-0.39, 0.29) is 0 Å². The van der Waals surface area contributed by atoms with Gasteiger partial charge in [-0.25, -0.2) is 0 Å². The lowest BCUT2D eigenvalue weighted by Crippen LogP contribution is -2.49. The Balaban J connectivity index is 1.48. The molecule has 4 heteroatoms. The Morgan fingerprint density at radius 1 is 1.17 bits per heavy atom. The lowest BCUT2D eigenvalue weighted by Gasteiger charge is -2.32. The van der Waals surface area contributed by atoms with E-state index >= 15 is 0 Å². The normalized spacial score (nSPS) is 23.8. The lowest BCUT2D eigenvalue weighted by molar-refractivity contribution is 0.170. The highest BCUT2D eigenvalue weighted by atomic mass is 16.3. The predicted octanol–water partition coefficient (Wildman–Crippen LogP) is 2.47. The van der Waals surface area contributed by atoms with Gasteiger partial charge >= 0.3 is 0 Å².